The predicted molar refractivity (Wildman–Crippen MR) is 72.5 cm³/mol. The van der Waals surface area contributed by atoms with Gasteiger partial charge < -0.3 is 5.32 Å². The first-order valence-corrected chi connectivity index (χ1v) is 7.82. The molecular formula is C15H24N2O2. The Balaban J connectivity index is 1.63. The Kier molecular flexibility index (Phi) is 3.61. The number of likely N-dealkylation sites (tertiary alicyclic amines) is 1. The highest BCUT2D eigenvalue weighted by Gasteiger charge is 2.46. The Morgan fingerprint density at radius 3 is 2.58 bits per heavy atom. The third-order valence-electron chi connectivity index (χ3n) is 4.94. The minimum Gasteiger partial charge on any atom is -0.302 e. The molecule has 3 fully saturated rings. The van der Waals surface area contributed by atoms with E-state index >= 15 is 0 Å². The summed E-state index contributed by atoms with van der Waals surface area (Å²) in [7, 11) is 0. The molecule has 0 aromatic carbocycles. The Morgan fingerprint density at radius 2 is 1.89 bits per heavy atom. The van der Waals surface area contributed by atoms with Crippen molar-refractivity contribution in [1.82, 2.24) is 10.2 Å². The van der Waals surface area contributed by atoms with Gasteiger partial charge in [0.05, 0.1) is 12.5 Å². The Morgan fingerprint density at radius 1 is 1.16 bits per heavy atom. The third kappa shape index (κ3) is 2.55. The molecule has 1 N–H and O–H groups in total. The lowest BCUT2D eigenvalue weighted by Gasteiger charge is -2.33. The zero-order valence-corrected chi connectivity index (χ0v) is 11.7. The zero-order chi connectivity index (χ0) is 13.4. The number of imide groups is 1. The highest BCUT2D eigenvalue weighted by atomic mass is 16.2. The van der Waals surface area contributed by atoms with Crippen molar-refractivity contribution in [3.63, 3.8) is 0 Å². The second-order valence-electron chi connectivity index (χ2n) is 6.32. The van der Waals surface area contributed by atoms with E-state index in [1.54, 1.807) is 0 Å². The summed E-state index contributed by atoms with van der Waals surface area (Å²) in [5, 5.41) is 3.50. The molecular weight excluding hydrogens is 240 g/mol. The molecule has 2 saturated carbocycles. The van der Waals surface area contributed by atoms with Crippen molar-refractivity contribution < 1.29 is 9.59 Å². The van der Waals surface area contributed by atoms with Crippen LogP contribution in [0, 0.1) is 5.92 Å². The first-order valence-electron chi connectivity index (χ1n) is 7.82. The van der Waals surface area contributed by atoms with Crippen molar-refractivity contribution in [2.45, 2.75) is 76.4 Å². The van der Waals surface area contributed by atoms with Crippen LogP contribution in [0.4, 0.5) is 0 Å². The van der Waals surface area contributed by atoms with Gasteiger partial charge in [-0.2, -0.15) is 0 Å². The molecule has 4 nitrogen and oxygen atoms in total. The summed E-state index contributed by atoms with van der Waals surface area (Å²) in [5.41, 5.74) is 0. The SMILES string of the molecule is CCC1CCCCC1NC1CC(=O)N(C2CC2)C1=O. The van der Waals surface area contributed by atoms with Crippen LogP contribution in [0.25, 0.3) is 0 Å². The predicted octanol–water partition coefficient (Wildman–Crippen LogP) is 1.83. The maximum absolute atomic E-state index is 12.3. The molecule has 106 valence electrons. The van der Waals surface area contributed by atoms with E-state index in [4.69, 9.17) is 0 Å². The molecule has 1 heterocycles. The number of nitrogens with zero attached hydrogens (tertiary/aromatic N) is 1. The number of carbonyl (C=O) groups excluding carboxylic acids is 2. The first-order chi connectivity index (χ1) is 9.20. The standard InChI is InChI=1S/C15H24N2O2/c1-2-10-5-3-4-6-12(10)16-13-9-14(18)17(15(13)19)11-7-8-11/h10-13,16H,2-9H2,1H3. The van der Waals surface area contributed by atoms with Crippen LogP contribution in [0.3, 0.4) is 0 Å². The number of hydrogen-bond acceptors (Lipinski definition) is 3. The van der Waals surface area contributed by atoms with Gasteiger partial charge in [0.25, 0.3) is 0 Å². The molecule has 1 aliphatic heterocycles. The summed E-state index contributed by atoms with van der Waals surface area (Å²) in [5.74, 6) is 0.744. The topological polar surface area (TPSA) is 49.4 Å². The van der Waals surface area contributed by atoms with Crippen LogP contribution in [-0.2, 0) is 9.59 Å². The van der Waals surface area contributed by atoms with Gasteiger partial charge in [-0.05, 0) is 31.6 Å². The fraction of sp³-hybridized carbons (Fsp3) is 0.867. The maximum Gasteiger partial charge on any atom is 0.247 e. The minimum absolute atomic E-state index is 0.0351. The largest absolute Gasteiger partial charge is 0.302 e. The van der Waals surface area contributed by atoms with Gasteiger partial charge in [0.15, 0.2) is 0 Å². The summed E-state index contributed by atoms with van der Waals surface area (Å²) in [4.78, 5) is 25.8. The van der Waals surface area contributed by atoms with Gasteiger partial charge >= 0.3 is 0 Å². The molecule has 19 heavy (non-hydrogen) atoms. The van der Waals surface area contributed by atoms with Crippen LogP contribution in [-0.4, -0.2) is 34.8 Å². The average molecular weight is 264 g/mol. The lowest BCUT2D eigenvalue weighted by molar-refractivity contribution is -0.139. The van der Waals surface area contributed by atoms with E-state index in [-0.39, 0.29) is 23.9 Å². The van der Waals surface area contributed by atoms with Gasteiger partial charge in [-0.25, -0.2) is 0 Å². The summed E-state index contributed by atoms with van der Waals surface area (Å²) < 4.78 is 0. The molecule has 0 bridgehead atoms. The van der Waals surface area contributed by atoms with E-state index in [1.807, 2.05) is 0 Å². The molecule has 0 radical (unpaired) electrons. The number of nitrogens with one attached hydrogen (secondary N) is 1. The zero-order valence-electron chi connectivity index (χ0n) is 11.7. The molecule has 3 aliphatic rings. The smallest absolute Gasteiger partial charge is 0.247 e. The van der Waals surface area contributed by atoms with Crippen LogP contribution in [0.5, 0.6) is 0 Å². The van der Waals surface area contributed by atoms with Gasteiger partial charge in [-0.1, -0.05) is 26.2 Å². The molecule has 4 heteroatoms. The van der Waals surface area contributed by atoms with Crippen molar-refractivity contribution in [3.8, 4) is 0 Å². The van der Waals surface area contributed by atoms with Crippen molar-refractivity contribution >= 4 is 11.8 Å². The van der Waals surface area contributed by atoms with Crippen molar-refractivity contribution in [3.05, 3.63) is 0 Å². The normalized spacial score (nSPS) is 36.1. The highest BCUT2D eigenvalue weighted by Crippen LogP contribution is 2.33. The number of hydrogen-bond donors (Lipinski definition) is 1. The summed E-state index contributed by atoms with van der Waals surface area (Å²) in [6.07, 6.45) is 8.52. The van der Waals surface area contributed by atoms with Crippen molar-refractivity contribution in [1.29, 1.82) is 0 Å². The molecule has 2 amide bonds. The lowest BCUT2D eigenvalue weighted by Crippen LogP contribution is -2.48. The molecule has 0 aromatic heterocycles. The fourth-order valence-electron chi connectivity index (χ4n) is 3.67. The van der Waals surface area contributed by atoms with E-state index in [0.29, 0.717) is 18.4 Å². The highest BCUT2D eigenvalue weighted by molar-refractivity contribution is 6.06. The third-order valence-corrected chi connectivity index (χ3v) is 4.94. The van der Waals surface area contributed by atoms with E-state index in [2.05, 4.69) is 12.2 Å². The monoisotopic (exact) mass is 264 g/mol. The van der Waals surface area contributed by atoms with Gasteiger partial charge in [-0.15, -0.1) is 0 Å². The second-order valence-corrected chi connectivity index (χ2v) is 6.32. The summed E-state index contributed by atoms with van der Waals surface area (Å²) >= 11 is 0. The van der Waals surface area contributed by atoms with Gasteiger partial charge in [0.2, 0.25) is 11.8 Å². The first kappa shape index (κ1) is 13.1. The number of carbonyl (C=O) groups is 2. The average Bonchev–Trinajstić information content (AvgIpc) is 3.19. The number of amides is 2. The Labute approximate surface area is 114 Å². The molecule has 0 aromatic rings. The van der Waals surface area contributed by atoms with Crippen LogP contribution < -0.4 is 5.32 Å². The van der Waals surface area contributed by atoms with Gasteiger partial charge in [-0.3, -0.25) is 14.5 Å². The van der Waals surface area contributed by atoms with Crippen molar-refractivity contribution in [2.24, 2.45) is 5.92 Å². The Hall–Kier alpha value is -0.900. The van der Waals surface area contributed by atoms with Crippen LogP contribution in [0.2, 0.25) is 0 Å². The molecule has 3 rings (SSSR count). The van der Waals surface area contributed by atoms with E-state index in [0.717, 1.165) is 19.3 Å². The van der Waals surface area contributed by atoms with Gasteiger partial charge in [0.1, 0.15) is 0 Å². The lowest BCUT2D eigenvalue weighted by atomic mass is 9.82. The fourth-order valence-corrected chi connectivity index (χ4v) is 3.67. The molecule has 3 atom stereocenters. The van der Waals surface area contributed by atoms with Crippen molar-refractivity contribution in [2.75, 3.05) is 0 Å². The second kappa shape index (κ2) is 5.23. The number of rotatable bonds is 4. The van der Waals surface area contributed by atoms with Crippen LogP contribution >= 0.6 is 0 Å². The van der Waals surface area contributed by atoms with Crippen LogP contribution in [0.15, 0.2) is 0 Å². The quantitative estimate of drug-likeness (QED) is 0.788. The molecule has 0 spiro atoms. The van der Waals surface area contributed by atoms with E-state index in [9.17, 15) is 9.59 Å². The molecule has 1 saturated heterocycles. The molecule has 3 unspecified atom stereocenters. The molecule has 2 aliphatic carbocycles. The van der Waals surface area contributed by atoms with Gasteiger partial charge in [0, 0.05) is 12.1 Å². The summed E-state index contributed by atoms with van der Waals surface area (Å²) in [6, 6.07) is 0.407. The maximum atomic E-state index is 12.3. The van der Waals surface area contributed by atoms with E-state index in [1.165, 1.54) is 30.6 Å². The minimum atomic E-state index is -0.245. The van der Waals surface area contributed by atoms with E-state index < -0.39 is 0 Å². The van der Waals surface area contributed by atoms with Crippen LogP contribution in [0.1, 0.15) is 58.3 Å². The summed E-state index contributed by atoms with van der Waals surface area (Å²) in [6.45, 7) is 2.22. The Bertz CT molecular complexity index is 378.